The van der Waals surface area contributed by atoms with Gasteiger partial charge in [-0.2, -0.15) is 0 Å². The Hall–Kier alpha value is -2.16. The van der Waals surface area contributed by atoms with Gasteiger partial charge in [0.15, 0.2) is 11.6 Å². The molecule has 3 heteroatoms. The fourth-order valence-corrected chi connectivity index (χ4v) is 1.74. The molecule has 2 aliphatic rings. The summed E-state index contributed by atoms with van der Waals surface area (Å²) in [5, 5.41) is 0. The summed E-state index contributed by atoms with van der Waals surface area (Å²) in [6, 6.07) is 8.25. The van der Waals surface area contributed by atoms with Crippen LogP contribution < -0.4 is 4.74 Å². The first-order valence-corrected chi connectivity index (χ1v) is 5.90. The van der Waals surface area contributed by atoms with E-state index in [-0.39, 0.29) is 11.6 Å². The smallest absolute Gasteiger partial charge is 0.178 e. The minimum absolute atomic E-state index is 0.121. The highest BCUT2D eigenvalue weighted by Gasteiger charge is 2.06. The lowest BCUT2D eigenvalue weighted by atomic mass is 10.1. The van der Waals surface area contributed by atoms with Crippen molar-refractivity contribution >= 4 is 11.6 Å². The van der Waals surface area contributed by atoms with Crippen LogP contribution >= 0.6 is 0 Å². The van der Waals surface area contributed by atoms with Crippen molar-refractivity contribution in [3.63, 3.8) is 0 Å². The number of para-hydroxylation sites is 1. The monoisotopic (exact) mass is 242 g/mol. The summed E-state index contributed by atoms with van der Waals surface area (Å²) >= 11 is 0. The number of benzene rings is 1. The van der Waals surface area contributed by atoms with Crippen LogP contribution in [0, 0.1) is 0 Å². The van der Waals surface area contributed by atoms with Crippen LogP contribution in [0.3, 0.4) is 0 Å². The molecule has 0 atom stereocenters. The molecule has 1 aromatic carbocycles. The third-order valence-corrected chi connectivity index (χ3v) is 2.64. The first-order valence-electron chi connectivity index (χ1n) is 5.90. The van der Waals surface area contributed by atoms with Crippen LogP contribution in [0.4, 0.5) is 0 Å². The van der Waals surface area contributed by atoms with Gasteiger partial charge in [-0.25, -0.2) is 0 Å². The molecule has 0 N–H and O–H groups in total. The Morgan fingerprint density at radius 3 is 2.11 bits per heavy atom. The summed E-state index contributed by atoms with van der Waals surface area (Å²) in [6.07, 6.45) is 7.35. The number of hydrogen-bond acceptors (Lipinski definition) is 3. The Morgan fingerprint density at radius 2 is 1.50 bits per heavy atom. The second-order valence-corrected chi connectivity index (χ2v) is 4.03. The number of rotatable bonds is 0. The summed E-state index contributed by atoms with van der Waals surface area (Å²) < 4.78 is 5.42. The van der Waals surface area contributed by atoms with Crippen LogP contribution in [0.2, 0.25) is 0 Å². The van der Waals surface area contributed by atoms with Crippen molar-refractivity contribution in [2.24, 2.45) is 0 Å². The molecule has 1 aliphatic carbocycles. The van der Waals surface area contributed by atoms with E-state index in [0.29, 0.717) is 0 Å². The maximum absolute atomic E-state index is 10.3. The molecule has 0 radical (unpaired) electrons. The van der Waals surface area contributed by atoms with Crippen LogP contribution in [0.5, 0.6) is 5.75 Å². The molecule has 92 valence electrons. The largest absolute Gasteiger partial charge is 0.493 e. The molecule has 0 spiro atoms. The van der Waals surface area contributed by atoms with Crippen LogP contribution in [0.15, 0.2) is 48.6 Å². The highest BCUT2D eigenvalue weighted by molar-refractivity contribution is 6.14. The Balaban J connectivity index is 0.000000138. The van der Waals surface area contributed by atoms with Gasteiger partial charge >= 0.3 is 0 Å². The van der Waals surface area contributed by atoms with Gasteiger partial charge in [-0.1, -0.05) is 18.2 Å². The van der Waals surface area contributed by atoms with Gasteiger partial charge in [0.2, 0.25) is 0 Å². The van der Waals surface area contributed by atoms with Crippen molar-refractivity contribution < 1.29 is 14.3 Å². The van der Waals surface area contributed by atoms with E-state index < -0.39 is 0 Å². The van der Waals surface area contributed by atoms with Crippen molar-refractivity contribution in [2.75, 3.05) is 6.61 Å². The Kier molecular flexibility index (Phi) is 4.07. The van der Waals surface area contributed by atoms with Crippen molar-refractivity contribution in [1.29, 1.82) is 0 Å². The summed E-state index contributed by atoms with van der Waals surface area (Å²) in [6.45, 7) is 0.886. The first kappa shape index (κ1) is 12.3. The standard InChI is InChI=1S/C9H10O.C6H4O2/c1-2-6-9-8(4-1)5-3-7-10-9;7-5-1-2-6(8)4-3-5/h1-2,4,6H,3,5,7H2;1-4H. The van der Waals surface area contributed by atoms with Gasteiger partial charge in [0.1, 0.15) is 5.75 Å². The van der Waals surface area contributed by atoms with Crippen molar-refractivity contribution in [1.82, 2.24) is 0 Å². The molecule has 0 unspecified atom stereocenters. The number of carbonyl (C=O) groups excluding carboxylic acids is 2. The summed E-state index contributed by atoms with van der Waals surface area (Å²) in [4.78, 5) is 20.6. The Morgan fingerprint density at radius 1 is 0.889 bits per heavy atom. The molecule has 0 bridgehead atoms. The summed E-state index contributed by atoms with van der Waals surface area (Å²) in [5.74, 6) is 0.836. The molecule has 1 aliphatic heterocycles. The average Bonchev–Trinajstić information content (AvgIpc) is 2.43. The van der Waals surface area contributed by atoms with Crippen LogP contribution in [0.1, 0.15) is 12.0 Å². The topological polar surface area (TPSA) is 43.4 Å². The van der Waals surface area contributed by atoms with E-state index in [2.05, 4.69) is 12.1 Å². The number of ether oxygens (including phenoxy) is 1. The van der Waals surface area contributed by atoms with Gasteiger partial charge in [0, 0.05) is 0 Å². The Labute approximate surface area is 106 Å². The maximum atomic E-state index is 10.3. The molecule has 3 nitrogen and oxygen atoms in total. The number of hydrogen-bond donors (Lipinski definition) is 0. The van der Waals surface area contributed by atoms with E-state index >= 15 is 0 Å². The van der Waals surface area contributed by atoms with E-state index in [0.717, 1.165) is 18.8 Å². The lowest BCUT2D eigenvalue weighted by Crippen LogP contribution is -2.07. The molecule has 0 fully saturated rings. The third kappa shape index (κ3) is 3.42. The third-order valence-electron chi connectivity index (χ3n) is 2.64. The highest BCUT2D eigenvalue weighted by atomic mass is 16.5. The van der Waals surface area contributed by atoms with Gasteiger partial charge in [0.05, 0.1) is 6.61 Å². The quantitative estimate of drug-likeness (QED) is 0.655. The van der Waals surface area contributed by atoms with E-state index in [1.54, 1.807) is 0 Å². The van der Waals surface area contributed by atoms with Crippen molar-refractivity contribution in [3.05, 3.63) is 54.1 Å². The second-order valence-electron chi connectivity index (χ2n) is 4.03. The van der Waals surface area contributed by atoms with Crippen LogP contribution in [-0.2, 0) is 16.0 Å². The number of allylic oxidation sites excluding steroid dienone is 4. The van der Waals surface area contributed by atoms with Gasteiger partial charge < -0.3 is 4.74 Å². The van der Waals surface area contributed by atoms with Crippen molar-refractivity contribution in [2.45, 2.75) is 12.8 Å². The molecule has 0 saturated carbocycles. The second kappa shape index (κ2) is 5.96. The SMILES string of the molecule is O=C1C=CC(=O)C=C1.c1ccc2c(c1)CCCO2. The summed E-state index contributed by atoms with van der Waals surface area (Å²) in [5.41, 5.74) is 1.36. The molecule has 18 heavy (non-hydrogen) atoms. The Bertz CT molecular complexity index is 449. The number of ketones is 2. The van der Waals surface area contributed by atoms with E-state index in [4.69, 9.17) is 4.74 Å². The minimum Gasteiger partial charge on any atom is -0.493 e. The van der Waals surface area contributed by atoms with Crippen molar-refractivity contribution in [3.8, 4) is 5.75 Å². The molecular weight excluding hydrogens is 228 g/mol. The molecule has 0 aromatic heterocycles. The van der Waals surface area contributed by atoms with Crippen LogP contribution in [0.25, 0.3) is 0 Å². The average molecular weight is 242 g/mol. The molecule has 1 heterocycles. The maximum Gasteiger partial charge on any atom is 0.178 e. The molecule has 3 rings (SSSR count). The van der Waals surface area contributed by atoms with Gasteiger partial charge in [-0.3, -0.25) is 9.59 Å². The first-order chi connectivity index (χ1) is 8.75. The predicted molar refractivity (Wildman–Crippen MR) is 68.6 cm³/mol. The molecule has 0 amide bonds. The van der Waals surface area contributed by atoms with E-state index in [1.807, 2.05) is 12.1 Å². The predicted octanol–water partition coefficient (Wildman–Crippen LogP) is 2.26. The molecular formula is C15H14O3. The lowest BCUT2D eigenvalue weighted by Gasteiger charge is -2.15. The number of carbonyl (C=O) groups is 2. The highest BCUT2D eigenvalue weighted by Crippen LogP contribution is 2.23. The minimum atomic E-state index is -0.121. The van der Waals surface area contributed by atoms with Gasteiger partial charge in [-0.05, 0) is 48.8 Å². The fourth-order valence-electron chi connectivity index (χ4n) is 1.74. The fraction of sp³-hybridized carbons (Fsp3) is 0.200. The summed E-state index contributed by atoms with van der Waals surface area (Å²) in [7, 11) is 0. The normalized spacial score (nSPS) is 16.4. The van der Waals surface area contributed by atoms with Crippen LogP contribution in [-0.4, -0.2) is 18.2 Å². The number of fused-ring (bicyclic) bond motifs is 1. The van der Waals surface area contributed by atoms with E-state index in [1.165, 1.54) is 36.3 Å². The number of aryl methyl sites for hydroxylation is 1. The lowest BCUT2D eigenvalue weighted by molar-refractivity contribution is -0.113. The van der Waals surface area contributed by atoms with E-state index in [9.17, 15) is 9.59 Å². The van der Waals surface area contributed by atoms with Gasteiger partial charge in [-0.15, -0.1) is 0 Å². The zero-order valence-electron chi connectivity index (χ0n) is 9.96. The zero-order chi connectivity index (χ0) is 12.8. The molecule has 1 aromatic rings. The van der Waals surface area contributed by atoms with Gasteiger partial charge in [0.25, 0.3) is 0 Å². The zero-order valence-corrected chi connectivity index (χ0v) is 9.96. The molecule has 0 saturated heterocycles.